The van der Waals surface area contributed by atoms with Crippen molar-refractivity contribution in [1.82, 2.24) is 9.78 Å². The molecule has 0 bridgehead atoms. The molecule has 1 atom stereocenters. The molecule has 0 radical (unpaired) electrons. The van der Waals surface area contributed by atoms with Gasteiger partial charge in [-0.2, -0.15) is 5.10 Å². The van der Waals surface area contributed by atoms with Gasteiger partial charge < -0.3 is 5.73 Å². The van der Waals surface area contributed by atoms with Crippen LogP contribution >= 0.6 is 50.1 Å². The van der Waals surface area contributed by atoms with Crippen molar-refractivity contribution in [3.8, 4) is 0 Å². The highest BCUT2D eigenvalue weighted by Crippen LogP contribution is 2.32. The van der Waals surface area contributed by atoms with Crippen molar-refractivity contribution in [3.63, 3.8) is 0 Å². The van der Waals surface area contributed by atoms with Crippen LogP contribution in [0.3, 0.4) is 0 Å². The van der Waals surface area contributed by atoms with Crippen molar-refractivity contribution in [2.45, 2.75) is 25.9 Å². The SMILES string of the molecule is CC(C)n1ncc(Cl)c1C(N)c1cc(I)ccc1Br. The molecule has 102 valence electrons. The second-order valence-corrected chi connectivity index (χ2v) is 7.07. The Balaban J connectivity index is 2.52. The van der Waals surface area contributed by atoms with Crippen molar-refractivity contribution in [2.24, 2.45) is 5.73 Å². The number of benzene rings is 1. The van der Waals surface area contributed by atoms with E-state index in [1.165, 1.54) is 0 Å². The lowest BCUT2D eigenvalue weighted by atomic mass is 10.0. The van der Waals surface area contributed by atoms with E-state index in [1.807, 2.05) is 16.8 Å². The van der Waals surface area contributed by atoms with Gasteiger partial charge in [-0.1, -0.05) is 27.5 Å². The summed E-state index contributed by atoms with van der Waals surface area (Å²) in [5.74, 6) is 0. The average molecular weight is 455 g/mol. The van der Waals surface area contributed by atoms with E-state index in [0.29, 0.717) is 5.02 Å². The van der Waals surface area contributed by atoms with Crippen LogP contribution in [0.4, 0.5) is 0 Å². The molecule has 19 heavy (non-hydrogen) atoms. The van der Waals surface area contributed by atoms with Gasteiger partial charge in [-0.3, -0.25) is 4.68 Å². The molecule has 0 aliphatic rings. The first-order chi connectivity index (χ1) is 8.91. The van der Waals surface area contributed by atoms with Gasteiger partial charge in [0.05, 0.1) is 23.0 Å². The first kappa shape index (κ1) is 15.3. The summed E-state index contributed by atoms with van der Waals surface area (Å²) in [6.07, 6.45) is 1.65. The van der Waals surface area contributed by atoms with Crippen LogP contribution in [0, 0.1) is 3.57 Å². The van der Waals surface area contributed by atoms with Gasteiger partial charge in [-0.25, -0.2) is 0 Å². The Morgan fingerprint density at radius 3 is 2.74 bits per heavy atom. The molecule has 2 aromatic rings. The maximum atomic E-state index is 6.39. The van der Waals surface area contributed by atoms with Crippen LogP contribution in [0.15, 0.2) is 28.9 Å². The number of nitrogens with two attached hydrogens (primary N) is 1. The summed E-state index contributed by atoms with van der Waals surface area (Å²) < 4.78 is 3.99. The molecule has 0 saturated heterocycles. The smallest absolute Gasteiger partial charge is 0.0837 e. The van der Waals surface area contributed by atoms with E-state index >= 15 is 0 Å². The lowest BCUT2D eigenvalue weighted by Crippen LogP contribution is -2.19. The standard InChI is InChI=1S/C13H14BrClIN3/c1-7(2)19-13(11(15)6-18-19)12(17)9-5-8(16)3-4-10(9)14/h3-7,12H,17H2,1-2H3. The van der Waals surface area contributed by atoms with E-state index in [1.54, 1.807) is 6.20 Å². The third-order valence-corrected chi connectivity index (χ3v) is 4.55. The molecule has 2 rings (SSSR count). The fourth-order valence-electron chi connectivity index (χ4n) is 1.95. The summed E-state index contributed by atoms with van der Waals surface area (Å²) in [5, 5.41) is 4.91. The van der Waals surface area contributed by atoms with Crippen LogP contribution in [0.1, 0.15) is 37.2 Å². The van der Waals surface area contributed by atoms with Crippen LogP contribution in [0.2, 0.25) is 5.02 Å². The molecule has 0 amide bonds. The minimum Gasteiger partial charge on any atom is -0.319 e. The van der Waals surface area contributed by atoms with Crippen LogP contribution in [-0.2, 0) is 0 Å². The zero-order valence-corrected chi connectivity index (χ0v) is 15.1. The predicted molar refractivity (Wildman–Crippen MR) is 90.5 cm³/mol. The van der Waals surface area contributed by atoms with E-state index in [4.69, 9.17) is 17.3 Å². The second kappa shape index (κ2) is 6.11. The van der Waals surface area contributed by atoms with E-state index in [-0.39, 0.29) is 12.1 Å². The summed E-state index contributed by atoms with van der Waals surface area (Å²) in [4.78, 5) is 0. The summed E-state index contributed by atoms with van der Waals surface area (Å²) in [6.45, 7) is 4.12. The fourth-order valence-corrected chi connectivity index (χ4v) is 3.21. The number of aromatic nitrogens is 2. The maximum absolute atomic E-state index is 6.39. The molecular formula is C13H14BrClIN3. The van der Waals surface area contributed by atoms with Gasteiger partial charge in [0.15, 0.2) is 0 Å². The number of rotatable bonds is 3. The molecule has 1 heterocycles. The average Bonchev–Trinajstić information content (AvgIpc) is 2.73. The van der Waals surface area contributed by atoms with Gasteiger partial charge in [-0.05, 0) is 60.2 Å². The molecule has 1 aromatic heterocycles. The largest absolute Gasteiger partial charge is 0.319 e. The normalized spacial score (nSPS) is 13.0. The summed E-state index contributed by atoms with van der Waals surface area (Å²) in [7, 11) is 0. The molecule has 0 fully saturated rings. The molecule has 0 spiro atoms. The van der Waals surface area contributed by atoms with Crippen molar-refractivity contribution in [3.05, 3.63) is 48.7 Å². The van der Waals surface area contributed by atoms with Crippen LogP contribution < -0.4 is 5.73 Å². The Labute approximate surface area is 139 Å². The minimum atomic E-state index is -0.304. The predicted octanol–water partition coefficient (Wildman–Crippen LogP) is 4.53. The maximum Gasteiger partial charge on any atom is 0.0837 e. The minimum absolute atomic E-state index is 0.218. The number of hydrogen-bond acceptors (Lipinski definition) is 2. The number of nitrogens with zero attached hydrogens (tertiary/aromatic N) is 2. The zero-order chi connectivity index (χ0) is 14.2. The molecule has 0 aliphatic carbocycles. The Hall–Kier alpha value is -0.110. The van der Waals surface area contributed by atoms with Crippen LogP contribution in [0.5, 0.6) is 0 Å². The van der Waals surface area contributed by atoms with Gasteiger partial charge >= 0.3 is 0 Å². The highest BCUT2D eigenvalue weighted by molar-refractivity contribution is 14.1. The monoisotopic (exact) mass is 453 g/mol. The third kappa shape index (κ3) is 3.15. The lowest BCUT2D eigenvalue weighted by molar-refractivity contribution is 0.499. The van der Waals surface area contributed by atoms with Crippen molar-refractivity contribution in [2.75, 3.05) is 0 Å². The summed E-state index contributed by atoms with van der Waals surface area (Å²) in [5.41, 5.74) is 8.25. The highest BCUT2D eigenvalue weighted by atomic mass is 127. The van der Waals surface area contributed by atoms with Gasteiger partial charge in [-0.15, -0.1) is 0 Å². The zero-order valence-electron chi connectivity index (χ0n) is 10.6. The van der Waals surface area contributed by atoms with Gasteiger partial charge in [0, 0.05) is 14.1 Å². The van der Waals surface area contributed by atoms with E-state index in [0.717, 1.165) is 19.3 Å². The molecule has 0 saturated carbocycles. The Kier molecular flexibility index (Phi) is 4.92. The first-order valence-corrected chi connectivity index (χ1v) is 8.10. The molecule has 2 N–H and O–H groups in total. The Bertz CT molecular complexity index is 598. The second-order valence-electron chi connectivity index (χ2n) is 4.56. The van der Waals surface area contributed by atoms with Crippen molar-refractivity contribution in [1.29, 1.82) is 0 Å². The van der Waals surface area contributed by atoms with E-state index in [2.05, 4.69) is 63.5 Å². The summed E-state index contributed by atoms with van der Waals surface area (Å²) in [6, 6.07) is 6.00. The Morgan fingerprint density at radius 1 is 1.42 bits per heavy atom. The third-order valence-electron chi connectivity index (χ3n) is 2.86. The molecule has 0 aliphatic heterocycles. The van der Waals surface area contributed by atoms with Gasteiger partial charge in [0.25, 0.3) is 0 Å². The van der Waals surface area contributed by atoms with E-state index in [9.17, 15) is 0 Å². The quantitative estimate of drug-likeness (QED) is 0.693. The topological polar surface area (TPSA) is 43.8 Å². The number of hydrogen-bond donors (Lipinski definition) is 1. The summed E-state index contributed by atoms with van der Waals surface area (Å²) >= 11 is 12.1. The first-order valence-electron chi connectivity index (χ1n) is 5.85. The molecular weight excluding hydrogens is 440 g/mol. The molecule has 1 unspecified atom stereocenters. The van der Waals surface area contributed by atoms with Crippen molar-refractivity contribution < 1.29 is 0 Å². The lowest BCUT2D eigenvalue weighted by Gasteiger charge is -2.19. The fraction of sp³-hybridized carbons (Fsp3) is 0.308. The van der Waals surface area contributed by atoms with Crippen molar-refractivity contribution >= 4 is 50.1 Å². The van der Waals surface area contributed by atoms with E-state index < -0.39 is 0 Å². The Morgan fingerprint density at radius 2 is 2.11 bits per heavy atom. The van der Waals surface area contributed by atoms with Crippen LogP contribution in [-0.4, -0.2) is 9.78 Å². The van der Waals surface area contributed by atoms with Crippen LogP contribution in [0.25, 0.3) is 0 Å². The number of halogens is 3. The van der Waals surface area contributed by atoms with Gasteiger partial charge in [0.2, 0.25) is 0 Å². The molecule has 6 heteroatoms. The highest BCUT2D eigenvalue weighted by Gasteiger charge is 2.21. The molecule has 1 aromatic carbocycles. The molecule has 3 nitrogen and oxygen atoms in total. The van der Waals surface area contributed by atoms with Gasteiger partial charge in [0.1, 0.15) is 0 Å².